The lowest BCUT2D eigenvalue weighted by Gasteiger charge is -2.31. The summed E-state index contributed by atoms with van der Waals surface area (Å²) in [7, 11) is 2.25. The van der Waals surface area contributed by atoms with Crippen LogP contribution < -0.4 is 4.74 Å². The van der Waals surface area contributed by atoms with Gasteiger partial charge in [0.05, 0.1) is 10.2 Å². The third kappa shape index (κ3) is 1.94. The zero-order valence-electron chi connectivity index (χ0n) is 11.1. The first-order chi connectivity index (χ1) is 9.31. The van der Waals surface area contributed by atoms with Crippen LogP contribution in [0.2, 0.25) is 0 Å². The van der Waals surface area contributed by atoms with Crippen LogP contribution in [0.1, 0.15) is 19.3 Å². The van der Waals surface area contributed by atoms with Crippen LogP contribution in [0.25, 0.3) is 10.2 Å². The molecule has 3 atom stereocenters. The lowest BCUT2D eigenvalue weighted by atomic mass is 10.00. The van der Waals surface area contributed by atoms with Gasteiger partial charge in [-0.15, -0.1) is 0 Å². The number of para-hydroxylation sites is 1. The molecular weight excluding hydrogens is 256 g/mol. The number of likely N-dealkylation sites (tertiary alicyclic amines) is 1. The molecule has 1 aromatic heterocycles. The van der Waals surface area contributed by atoms with E-state index in [9.17, 15) is 0 Å². The Balaban J connectivity index is 1.47. The first kappa shape index (κ1) is 11.7. The lowest BCUT2D eigenvalue weighted by molar-refractivity contribution is 0.118. The highest BCUT2D eigenvalue weighted by Crippen LogP contribution is 2.41. The van der Waals surface area contributed by atoms with Gasteiger partial charge in [-0.3, -0.25) is 4.90 Å². The minimum atomic E-state index is 0.589. The minimum Gasteiger partial charge on any atom is -0.468 e. The summed E-state index contributed by atoms with van der Waals surface area (Å²) in [4.78, 5) is 7.05. The van der Waals surface area contributed by atoms with Crippen LogP contribution in [0.3, 0.4) is 0 Å². The monoisotopic (exact) mass is 274 g/mol. The van der Waals surface area contributed by atoms with Gasteiger partial charge >= 0.3 is 0 Å². The van der Waals surface area contributed by atoms with Crippen LogP contribution in [-0.4, -0.2) is 35.6 Å². The van der Waals surface area contributed by atoms with Crippen molar-refractivity contribution < 1.29 is 4.74 Å². The molecule has 3 nitrogen and oxygen atoms in total. The molecule has 2 fully saturated rings. The minimum absolute atomic E-state index is 0.589. The lowest BCUT2D eigenvalue weighted by Crippen LogP contribution is -2.41. The van der Waals surface area contributed by atoms with E-state index in [2.05, 4.69) is 23.0 Å². The molecule has 19 heavy (non-hydrogen) atoms. The van der Waals surface area contributed by atoms with Gasteiger partial charge in [-0.25, -0.2) is 4.98 Å². The van der Waals surface area contributed by atoms with Gasteiger partial charge in [-0.1, -0.05) is 23.5 Å². The molecule has 1 aliphatic heterocycles. The number of piperidine rings is 1. The summed E-state index contributed by atoms with van der Waals surface area (Å²) in [6.45, 7) is 0.789. The van der Waals surface area contributed by atoms with Gasteiger partial charge in [0.2, 0.25) is 0 Å². The second-order valence-corrected chi connectivity index (χ2v) is 6.71. The fourth-order valence-corrected chi connectivity index (χ4v) is 4.46. The van der Waals surface area contributed by atoms with E-state index in [1.54, 1.807) is 11.3 Å². The summed E-state index contributed by atoms with van der Waals surface area (Å²) in [6.07, 6.45) is 4.12. The van der Waals surface area contributed by atoms with Crippen molar-refractivity contribution >= 4 is 21.6 Å². The Labute approximate surface area is 117 Å². The number of rotatable bonds is 3. The highest BCUT2D eigenvalue weighted by molar-refractivity contribution is 7.20. The van der Waals surface area contributed by atoms with Crippen LogP contribution in [0, 0.1) is 5.92 Å². The van der Waals surface area contributed by atoms with Crippen molar-refractivity contribution in [2.75, 3.05) is 13.7 Å². The summed E-state index contributed by atoms with van der Waals surface area (Å²) in [5.41, 5.74) is 1.05. The maximum atomic E-state index is 5.96. The van der Waals surface area contributed by atoms with Crippen molar-refractivity contribution in [1.82, 2.24) is 9.88 Å². The maximum absolute atomic E-state index is 5.96. The fraction of sp³-hybridized carbons (Fsp3) is 0.533. The Morgan fingerprint density at radius 1 is 1.37 bits per heavy atom. The highest BCUT2D eigenvalue weighted by Gasteiger charge is 2.44. The zero-order chi connectivity index (χ0) is 12.8. The molecule has 1 aromatic carbocycles. The maximum Gasteiger partial charge on any atom is 0.274 e. The summed E-state index contributed by atoms with van der Waals surface area (Å²) in [5, 5.41) is 0.817. The molecular formula is C15H18N2OS. The van der Waals surface area contributed by atoms with Gasteiger partial charge in [0.1, 0.15) is 6.61 Å². The number of likely N-dealkylation sites (N-methyl/N-ethyl adjacent to an activating group) is 1. The van der Waals surface area contributed by atoms with E-state index in [0.717, 1.165) is 29.3 Å². The van der Waals surface area contributed by atoms with E-state index in [1.807, 2.05) is 18.2 Å². The van der Waals surface area contributed by atoms with E-state index in [-0.39, 0.29) is 0 Å². The number of fused-ring (bicyclic) bond motifs is 3. The molecule has 3 unspecified atom stereocenters. The molecule has 1 saturated heterocycles. The Morgan fingerprint density at radius 3 is 3.05 bits per heavy atom. The number of nitrogens with zero attached hydrogens (tertiary/aromatic N) is 2. The largest absolute Gasteiger partial charge is 0.468 e. The molecule has 1 aliphatic carbocycles. The van der Waals surface area contributed by atoms with Crippen LogP contribution in [0.15, 0.2) is 24.3 Å². The quantitative estimate of drug-likeness (QED) is 0.859. The standard InChI is InChI=1S/C15H18N2OS/c1-17-11-7-6-10(8-11)13(17)9-18-15-16-12-4-2-3-5-14(12)19-15/h2-5,10-11,13H,6-9H2,1H3. The second-order valence-electron chi connectivity index (χ2n) is 5.72. The summed E-state index contributed by atoms with van der Waals surface area (Å²) in [5.74, 6) is 0.837. The average molecular weight is 274 g/mol. The third-order valence-electron chi connectivity index (χ3n) is 4.74. The fourth-order valence-electron chi connectivity index (χ4n) is 3.64. The average Bonchev–Trinajstić information content (AvgIpc) is 3.10. The molecule has 4 rings (SSSR count). The number of benzene rings is 1. The number of hydrogen-bond acceptors (Lipinski definition) is 4. The van der Waals surface area contributed by atoms with E-state index in [0.29, 0.717) is 6.04 Å². The van der Waals surface area contributed by atoms with Crippen LogP contribution in [0.4, 0.5) is 0 Å². The van der Waals surface area contributed by atoms with Gasteiger partial charge in [0.15, 0.2) is 0 Å². The predicted octanol–water partition coefficient (Wildman–Crippen LogP) is 3.16. The predicted molar refractivity (Wildman–Crippen MR) is 77.8 cm³/mol. The van der Waals surface area contributed by atoms with Crippen LogP contribution in [-0.2, 0) is 0 Å². The molecule has 2 aliphatic rings. The number of ether oxygens (including phenoxy) is 1. The smallest absolute Gasteiger partial charge is 0.274 e. The number of aromatic nitrogens is 1. The van der Waals surface area contributed by atoms with Gasteiger partial charge < -0.3 is 4.74 Å². The molecule has 0 radical (unpaired) electrons. The molecule has 100 valence electrons. The summed E-state index contributed by atoms with van der Waals surface area (Å²) in [6, 6.07) is 9.61. The van der Waals surface area contributed by atoms with Crippen LogP contribution >= 0.6 is 11.3 Å². The van der Waals surface area contributed by atoms with E-state index >= 15 is 0 Å². The first-order valence-corrected chi connectivity index (χ1v) is 7.83. The van der Waals surface area contributed by atoms with Gasteiger partial charge in [-0.2, -0.15) is 0 Å². The highest BCUT2D eigenvalue weighted by atomic mass is 32.1. The molecule has 4 heteroatoms. The van der Waals surface area contributed by atoms with E-state index < -0.39 is 0 Å². The van der Waals surface area contributed by atoms with Crippen molar-refractivity contribution in [2.24, 2.45) is 5.92 Å². The first-order valence-electron chi connectivity index (χ1n) is 7.01. The molecule has 2 bridgehead atoms. The molecule has 1 saturated carbocycles. The van der Waals surface area contributed by atoms with Gasteiger partial charge in [-0.05, 0) is 44.4 Å². The Kier molecular flexibility index (Phi) is 2.74. The van der Waals surface area contributed by atoms with Crippen molar-refractivity contribution in [1.29, 1.82) is 0 Å². The van der Waals surface area contributed by atoms with E-state index in [1.165, 1.54) is 24.0 Å². The van der Waals surface area contributed by atoms with Gasteiger partial charge in [0.25, 0.3) is 5.19 Å². The zero-order valence-corrected chi connectivity index (χ0v) is 11.9. The topological polar surface area (TPSA) is 25.4 Å². The van der Waals surface area contributed by atoms with Crippen molar-refractivity contribution in [3.05, 3.63) is 24.3 Å². The Hall–Kier alpha value is -1.13. The van der Waals surface area contributed by atoms with Crippen molar-refractivity contribution in [3.63, 3.8) is 0 Å². The molecule has 0 spiro atoms. The molecule has 2 heterocycles. The third-order valence-corrected chi connectivity index (χ3v) is 5.69. The molecule has 0 N–H and O–H groups in total. The van der Waals surface area contributed by atoms with Crippen molar-refractivity contribution in [3.8, 4) is 5.19 Å². The summed E-state index contributed by atoms with van der Waals surface area (Å²) < 4.78 is 7.17. The van der Waals surface area contributed by atoms with Crippen LogP contribution in [0.5, 0.6) is 5.19 Å². The number of hydrogen-bond donors (Lipinski definition) is 0. The normalized spacial score (nSPS) is 30.3. The SMILES string of the molecule is CN1C2CCC(C2)C1COc1nc2ccccc2s1. The summed E-state index contributed by atoms with van der Waals surface area (Å²) >= 11 is 1.65. The van der Waals surface area contributed by atoms with E-state index in [4.69, 9.17) is 4.74 Å². The van der Waals surface area contributed by atoms with Crippen molar-refractivity contribution in [2.45, 2.75) is 31.3 Å². The van der Waals surface area contributed by atoms with Gasteiger partial charge in [0, 0.05) is 12.1 Å². The Bertz CT molecular complexity index is 562. The molecule has 2 aromatic rings. The molecule has 0 amide bonds. The second kappa shape index (κ2) is 4.46. The Morgan fingerprint density at radius 2 is 2.26 bits per heavy atom. The number of thiazole rings is 1.